The zero-order chi connectivity index (χ0) is 21.8. The van der Waals surface area contributed by atoms with Crippen LogP contribution in [-0.2, 0) is 6.42 Å². The number of para-hydroxylation sites is 1. The van der Waals surface area contributed by atoms with Gasteiger partial charge in [-0.15, -0.1) is 0 Å². The molecular weight excluding hydrogens is 386 g/mol. The van der Waals surface area contributed by atoms with Gasteiger partial charge >= 0.3 is 0 Å². The summed E-state index contributed by atoms with van der Waals surface area (Å²) in [6.45, 7) is 0. The van der Waals surface area contributed by atoms with E-state index < -0.39 is 0 Å². The van der Waals surface area contributed by atoms with Gasteiger partial charge in [0.25, 0.3) is 5.91 Å². The first-order valence-electron chi connectivity index (χ1n) is 10.1. The second-order valence-electron chi connectivity index (χ2n) is 7.60. The highest BCUT2D eigenvalue weighted by atomic mass is 16.5. The van der Waals surface area contributed by atoms with E-state index in [0.29, 0.717) is 17.7 Å². The van der Waals surface area contributed by atoms with E-state index in [1.165, 1.54) is 0 Å². The maximum Gasteiger partial charge on any atom is 0.256 e. The third kappa shape index (κ3) is 4.51. The summed E-state index contributed by atoms with van der Waals surface area (Å²) in [5.41, 5.74) is 5.25. The molecule has 0 bridgehead atoms. The molecule has 4 aromatic rings. The van der Waals surface area contributed by atoms with Crippen molar-refractivity contribution in [3.63, 3.8) is 0 Å². The van der Waals surface area contributed by atoms with Crippen LogP contribution >= 0.6 is 0 Å². The van der Waals surface area contributed by atoms with Crippen molar-refractivity contribution in [3.8, 4) is 5.75 Å². The van der Waals surface area contributed by atoms with Gasteiger partial charge in [-0.25, -0.2) is 0 Å². The number of benzene rings is 3. The highest BCUT2D eigenvalue weighted by Gasteiger charge is 2.15. The molecule has 0 fully saturated rings. The molecule has 0 atom stereocenters. The van der Waals surface area contributed by atoms with Gasteiger partial charge in [0, 0.05) is 36.9 Å². The summed E-state index contributed by atoms with van der Waals surface area (Å²) in [4.78, 5) is 19.8. The molecule has 0 radical (unpaired) electrons. The first-order chi connectivity index (χ1) is 15.0. The number of carbonyl (C=O) groups excluding carboxylic acids is 1. The Hall–Kier alpha value is -3.86. The summed E-state index contributed by atoms with van der Waals surface area (Å²) in [6.07, 6.45) is 2.38. The van der Waals surface area contributed by atoms with Crippen LogP contribution in [0.4, 0.5) is 11.4 Å². The van der Waals surface area contributed by atoms with E-state index in [1.54, 1.807) is 13.3 Å². The molecule has 5 nitrogen and oxygen atoms in total. The van der Waals surface area contributed by atoms with Crippen LogP contribution in [0.1, 0.15) is 21.5 Å². The third-order valence-electron chi connectivity index (χ3n) is 5.28. The number of amides is 1. The maximum atomic E-state index is 13.3. The van der Waals surface area contributed by atoms with Crippen LogP contribution in [0.15, 0.2) is 79.0 Å². The monoisotopic (exact) mass is 411 g/mol. The lowest BCUT2D eigenvalue weighted by molar-refractivity contribution is 0.102. The number of carbonyl (C=O) groups is 1. The average Bonchev–Trinajstić information content (AvgIpc) is 2.79. The Morgan fingerprint density at radius 1 is 1.00 bits per heavy atom. The minimum Gasteiger partial charge on any atom is -0.497 e. The van der Waals surface area contributed by atoms with Crippen LogP contribution in [0.3, 0.4) is 0 Å². The van der Waals surface area contributed by atoms with Crippen LogP contribution in [0, 0.1) is 0 Å². The number of anilines is 2. The number of methoxy groups -OCH3 is 1. The molecule has 0 aliphatic carbocycles. The van der Waals surface area contributed by atoms with E-state index in [2.05, 4.69) is 16.4 Å². The Labute approximate surface area is 182 Å². The fourth-order valence-electron chi connectivity index (χ4n) is 3.58. The molecule has 0 saturated heterocycles. The Kier molecular flexibility index (Phi) is 5.85. The highest BCUT2D eigenvalue weighted by molar-refractivity contribution is 6.09. The molecule has 0 spiro atoms. The van der Waals surface area contributed by atoms with Crippen molar-refractivity contribution in [1.82, 2.24) is 4.98 Å². The Morgan fingerprint density at radius 2 is 1.77 bits per heavy atom. The third-order valence-corrected chi connectivity index (χ3v) is 5.28. The topological polar surface area (TPSA) is 54.5 Å². The number of aromatic nitrogens is 1. The SMILES string of the molecule is COc1ccc(Cc2cc(N(C)C)ccc2C(=O)Nc2cccc3cccnc23)cc1. The predicted octanol–water partition coefficient (Wildman–Crippen LogP) is 5.15. The van der Waals surface area contributed by atoms with E-state index >= 15 is 0 Å². The predicted molar refractivity (Wildman–Crippen MR) is 126 cm³/mol. The average molecular weight is 412 g/mol. The maximum absolute atomic E-state index is 13.3. The molecule has 0 aliphatic rings. The smallest absolute Gasteiger partial charge is 0.256 e. The van der Waals surface area contributed by atoms with Gasteiger partial charge < -0.3 is 15.0 Å². The number of ether oxygens (including phenoxy) is 1. The number of fused-ring (bicyclic) bond motifs is 1. The van der Waals surface area contributed by atoms with Gasteiger partial charge in [-0.3, -0.25) is 9.78 Å². The lowest BCUT2D eigenvalue weighted by Crippen LogP contribution is -2.16. The van der Waals surface area contributed by atoms with E-state index in [0.717, 1.165) is 33.5 Å². The molecule has 0 aliphatic heterocycles. The van der Waals surface area contributed by atoms with Crippen molar-refractivity contribution in [1.29, 1.82) is 0 Å². The van der Waals surface area contributed by atoms with Crippen LogP contribution < -0.4 is 15.0 Å². The van der Waals surface area contributed by atoms with Crippen molar-refractivity contribution in [2.75, 3.05) is 31.4 Å². The zero-order valence-corrected chi connectivity index (χ0v) is 17.9. The highest BCUT2D eigenvalue weighted by Crippen LogP contribution is 2.25. The molecule has 31 heavy (non-hydrogen) atoms. The van der Waals surface area contributed by atoms with Crippen LogP contribution in [0.25, 0.3) is 10.9 Å². The summed E-state index contributed by atoms with van der Waals surface area (Å²) in [5, 5.41) is 4.05. The molecule has 1 heterocycles. The van der Waals surface area contributed by atoms with E-state index in [4.69, 9.17) is 4.74 Å². The van der Waals surface area contributed by atoms with Crippen molar-refractivity contribution < 1.29 is 9.53 Å². The number of hydrogen-bond donors (Lipinski definition) is 1. The summed E-state index contributed by atoms with van der Waals surface area (Å²) in [5.74, 6) is 0.666. The summed E-state index contributed by atoms with van der Waals surface area (Å²) < 4.78 is 5.26. The van der Waals surface area contributed by atoms with E-state index in [9.17, 15) is 4.79 Å². The van der Waals surface area contributed by atoms with Crippen molar-refractivity contribution in [3.05, 3.63) is 95.7 Å². The van der Waals surface area contributed by atoms with Gasteiger partial charge in [0.05, 0.1) is 18.3 Å². The minimum atomic E-state index is -0.146. The molecule has 1 aromatic heterocycles. The van der Waals surface area contributed by atoms with Crippen LogP contribution in [0.2, 0.25) is 0 Å². The minimum absolute atomic E-state index is 0.146. The molecule has 0 unspecified atom stereocenters. The van der Waals surface area contributed by atoms with E-state index in [-0.39, 0.29) is 5.91 Å². The van der Waals surface area contributed by atoms with Crippen molar-refractivity contribution in [2.24, 2.45) is 0 Å². The zero-order valence-electron chi connectivity index (χ0n) is 17.9. The molecule has 0 saturated carbocycles. The Bertz CT molecular complexity index is 1210. The number of nitrogens with zero attached hydrogens (tertiary/aromatic N) is 2. The fraction of sp³-hybridized carbons (Fsp3) is 0.154. The molecule has 4 rings (SSSR count). The molecule has 1 N–H and O–H groups in total. The molecule has 3 aromatic carbocycles. The van der Waals surface area contributed by atoms with Crippen LogP contribution in [0.5, 0.6) is 5.75 Å². The number of pyridine rings is 1. The Balaban J connectivity index is 1.68. The lowest BCUT2D eigenvalue weighted by Gasteiger charge is -2.17. The number of nitrogens with one attached hydrogen (secondary N) is 1. The number of hydrogen-bond acceptors (Lipinski definition) is 4. The second kappa shape index (κ2) is 8.88. The van der Waals surface area contributed by atoms with Gasteiger partial charge in [-0.2, -0.15) is 0 Å². The van der Waals surface area contributed by atoms with Gasteiger partial charge in [0.15, 0.2) is 0 Å². The van der Waals surface area contributed by atoms with Crippen molar-refractivity contribution in [2.45, 2.75) is 6.42 Å². The summed E-state index contributed by atoms with van der Waals surface area (Å²) >= 11 is 0. The normalized spacial score (nSPS) is 10.7. The fourth-order valence-corrected chi connectivity index (χ4v) is 3.58. The Morgan fingerprint density at radius 3 is 2.52 bits per heavy atom. The first kappa shape index (κ1) is 20.4. The number of rotatable bonds is 6. The van der Waals surface area contributed by atoms with Gasteiger partial charge in [0.1, 0.15) is 5.75 Å². The van der Waals surface area contributed by atoms with E-state index in [1.807, 2.05) is 85.7 Å². The first-order valence-corrected chi connectivity index (χ1v) is 10.1. The molecule has 5 heteroatoms. The van der Waals surface area contributed by atoms with Gasteiger partial charge in [0.2, 0.25) is 0 Å². The quantitative estimate of drug-likeness (QED) is 0.477. The largest absolute Gasteiger partial charge is 0.497 e. The molecule has 1 amide bonds. The van der Waals surface area contributed by atoms with Crippen LogP contribution in [-0.4, -0.2) is 32.1 Å². The summed E-state index contributed by atoms with van der Waals surface area (Å²) in [7, 11) is 5.64. The summed E-state index contributed by atoms with van der Waals surface area (Å²) in [6, 6.07) is 23.5. The van der Waals surface area contributed by atoms with Crippen molar-refractivity contribution >= 4 is 28.2 Å². The molecular formula is C26H25N3O2. The van der Waals surface area contributed by atoms with Gasteiger partial charge in [-0.05, 0) is 60.0 Å². The molecule has 156 valence electrons. The second-order valence-corrected chi connectivity index (χ2v) is 7.60. The standard InChI is InChI=1S/C26H25N3O2/c1-29(2)21-11-14-23(20(17-21)16-18-9-12-22(31-3)13-10-18)26(30)28-24-8-4-6-19-7-5-15-27-25(19)24/h4-15,17H,16H2,1-3H3,(H,28,30). The lowest BCUT2D eigenvalue weighted by atomic mass is 9.98. The van der Waals surface area contributed by atoms with Gasteiger partial charge in [-0.1, -0.05) is 30.3 Å².